The molecule has 0 saturated carbocycles. The van der Waals surface area contributed by atoms with Crippen LogP contribution in [0.4, 0.5) is 0 Å². The van der Waals surface area contributed by atoms with Crippen LogP contribution in [0.15, 0.2) is 60.7 Å². The van der Waals surface area contributed by atoms with Crippen molar-refractivity contribution in [3.05, 3.63) is 83.2 Å². The zero-order valence-electron chi connectivity index (χ0n) is 16.8. The molecule has 2 heterocycles. The maximum atomic E-state index is 13.1. The smallest absolute Gasteiger partial charge is 0.254 e. The highest BCUT2D eigenvalue weighted by Crippen LogP contribution is 2.28. The van der Waals surface area contributed by atoms with Gasteiger partial charge in [-0.05, 0) is 42.2 Å². The lowest BCUT2D eigenvalue weighted by molar-refractivity contribution is 0.0773. The van der Waals surface area contributed by atoms with Gasteiger partial charge in [0.2, 0.25) is 0 Å². The van der Waals surface area contributed by atoms with Crippen LogP contribution in [-0.4, -0.2) is 41.2 Å². The van der Waals surface area contributed by atoms with Crippen LogP contribution in [0, 0.1) is 6.92 Å². The molecule has 0 fully saturated rings. The number of aromatic nitrogens is 2. The van der Waals surface area contributed by atoms with E-state index in [9.17, 15) is 4.79 Å². The summed E-state index contributed by atoms with van der Waals surface area (Å²) in [6, 6.07) is 18.1. The first kappa shape index (κ1) is 19.2. The van der Waals surface area contributed by atoms with Gasteiger partial charge >= 0.3 is 0 Å². The fourth-order valence-electron chi connectivity index (χ4n) is 3.86. The van der Waals surface area contributed by atoms with Crippen molar-refractivity contribution in [3.63, 3.8) is 0 Å². The van der Waals surface area contributed by atoms with Crippen molar-refractivity contribution in [2.45, 2.75) is 20.0 Å². The van der Waals surface area contributed by atoms with Crippen LogP contribution in [0.5, 0.6) is 0 Å². The highest BCUT2D eigenvalue weighted by Gasteiger charge is 2.20. The number of benzene rings is 2. The van der Waals surface area contributed by atoms with E-state index >= 15 is 0 Å². The number of carbonyl (C=O) groups is 1. The molecule has 148 valence electrons. The van der Waals surface area contributed by atoms with Crippen LogP contribution in [0.2, 0.25) is 0 Å². The number of aryl methyl sites for hydroxylation is 1. The minimum Gasteiger partial charge on any atom is -0.378 e. The fourth-order valence-corrected chi connectivity index (χ4v) is 3.86. The topological polar surface area (TPSA) is 58.2 Å². The second-order valence-electron chi connectivity index (χ2n) is 7.28. The third-order valence-corrected chi connectivity index (χ3v) is 5.34. The molecule has 1 N–H and O–H groups in total. The summed E-state index contributed by atoms with van der Waals surface area (Å²) in [4.78, 5) is 15.0. The molecule has 0 bridgehead atoms. The third-order valence-electron chi connectivity index (χ3n) is 5.34. The SMILES string of the molecule is COCc1n[nH]c(C)c1-c1cccc(C(=O)N2CC=C(c3ccccc3)CC2)c1. The van der Waals surface area contributed by atoms with Crippen molar-refractivity contribution in [2.75, 3.05) is 20.2 Å². The lowest BCUT2D eigenvalue weighted by Crippen LogP contribution is -2.34. The van der Waals surface area contributed by atoms with Crippen molar-refractivity contribution in [1.82, 2.24) is 15.1 Å². The lowest BCUT2D eigenvalue weighted by atomic mass is 9.98. The van der Waals surface area contributed by atoms with Gasteiger partial charge in [0, 0.05) is 37.0 Å². The van der Waals surface area contributed by atoms with E-state index in [4.69, 9.17) is 4.74 Å². The number of hydrogen-bond acceptors (Lipinski definition) is 3. The van der Waals surface area contributed by atoms with Crippen molar-refractivity contribution in [3.8, 4) is 11.1 Å². The van der Waals surface area contributed by atoms with E-state index in [1.807, 2.05) is 42.2 Å². The molecule has 0 saturated heterocycles. The van der Waals surface area contributed by atoms with Gasteiger partial charge in [0.25, 0.3) is 5.91 Å². The number of nitrogens with one attached hydrogen (secondary N) is 1. The molecular weight excluding hydrogens is 362 g/mol. The number of aromatic amines is 1. The Morgan fingerprint density at radius 2 is 1.93 bits per heavy atom. The summed E-state index contributed by atoms with van der Waals surface area (Å²) in [7, 11) is 1.65. The Morgan fingerprint density at radius 3 is 2.66 bits per heavy atom. The largest absolute Gasteiger partial charge is 0.378 e. The number of methoxy groups -OCH3 is 1. The predicted molar refractivity (Wildman–Crippen MR) is 114 cm³/mol. The third kappa shape index (κ3) is 4.00. The number of nitrogens with zero attached hydrogens (tertiary/aromatic N) is 2. The Bertz CT molecular complexity index is 1040. The summed E-state index contributed by atoms with van der Waals surface area (Å²) < 4.78 is 5.26. The number of amides is 1. The molecule has 0 radical (unpaired) electrons. The Hall–Kier alpha value is -3.18. The quantitative estimate of drug-likeness (QED) is 0.703. The van der Waals surface area contributed by atoms with E-state index in [1.165, 1.54) is 11.1 Å². The average Bonchev–Trinajstić information content (AvgIpc) is 3.14. The highest BCUT2D eigenvalue weighted by atomic mass is 16.5. The molecule has 1 aliphatic rings. The van der Waals surface area contributed by atoms with Gasteiger partial charge in [0.15, 0.2) is 0 Å². The number of ether oxygens (including phenoxy) is 1. The number of rotatable bonds is 5. The second-order valence-corrected chi connectivity index (χ2v) is 7.28. The van der Waals surface area contributed by atoms with Gasteiger partial charge in [-0.15, -0.1) is 0 Å². The molecule has 3 aromatic rings. The summed E-state index contributed by atoms with van der Waals surface area (Å²) in [5.41, 5.74) is 7.04. The van der Waals surface area contributed by atoms with Crippen molar-refractivity contribution in [2.24, 2.45) is 0 Å². The maximum Gasteiger partial charge on any atom is 0.254 e. The Labute approximate surface area is 171 Å². The van der Waals surface area contributed by atoms with Gasteiger partial charge in [-0.25, -0.2) is 0 Å². The predicted octanol–water partition coefficient (Wildman–Crippen LogP) is 4.46. The highest BCUT2D eigenvalue weighted by molar-refractivity contribution is 5.96. The second kappa shape index (κ2) is 8.45. The van der Waals surface area contributed by atoms with Crippen LogP contribution >= 0.6 is 0 Å². The molecule has 29 heavy (non-hydrogen) atoms. The van der Waals surface area contributed by atoms with E-state index in [0.717, 1.165) is 35.5 Å². The number of carbonyl (C=O) groups excluding carboxylic acids is 1. The summed E-state index contributed by atoms with van der Waals surface area (Å²) in [6.07, 6.45) is 3.03. The molecule has 0 spiro atoms. The molecular formula is C24H25N3O2. The first-order valence-corrected chi connectivity index (χ1v) is 9.84. The van der Waals surface area contributed by atoms with Crippen LogP contribution in [-0.2, 0) is 11.3 Å². The summed E-state index contributed by atoms with van der Waals surface area (Å²) in [6.45, 7) is 3.77. The Balaban J connectivity index is 1.54. The normalized spacial score (nSPS) is 14.0. The molecule has 1 amide bonds. The maximum absolute atomic E-state index is 13.1. The van der Waals surface area contributed by atoms with Gasteiger partial charge < -0.3 is 9.64 Å². The molecule has 0 aliphatic carbocycles. The lowest BCUT2D eigenvalue weighted by Gasteiger charge is -2.27. The van der Waals surface area contributed by atoms with Crippen molar-refractivity contribution < 1.29 is 9.53 Å². The Morgan fingerprint density at radius 1 is 1.14 bits per heavy atom. The van der Waals surface area contributed by atoms with E-state index in [0.29, 0.717) is 18.7 Å². The van der Waals surface area contributed by atoms with Gasteiger partial charge in [-0.1, -0.05) is 48.5 Å². The van der Waals surface area contributed by atoms with Crippen LogP contribution in [0.1, 0.15) is 33.7 Å². The zero-order chi connectivity index (χ0) is 20.2. The monoisotopic (exact) mass is 387 g/mol. The fraction of sp³-hybridized carbons (Fsp3) is 0.250. The molecule has 5 nitrogen and oxygen atoms in total. The summed E-state index contributed by atoms with van der Waals surface area (Å²) in [5.74, 6) is 0.0599. The minimum atomic E-state index is 0.0599. The first-order chi connectivity index (χ1) is 14.2. The molecule has 2 aromatic carbocycles. The van der Waals surface area contributed by atoms with Gasteiger partial charge in [0.05, 0.1) is 12.3 Å². The summed E-state index contributed by atoms with van der Waals surface area (Å²) >= 11 is 0. The average molecular weight is 387 g/mol. The number of hydrogen-bond donors (Lipinski definition) is 1. The summed E-state index contributed by atoms with van der Waals surface area (Å²) in [5, 5.41) is 7.35. The van der Waals surface area contributed by atoms with E-state index < -0.39 is 0 Å². The zero-order valence-corrected chi connectivity index (χ0v) is 16.8. The first-order valence-electron chi connectivity index (χ1n) is 9.84. The van der Waals surface area contributed by atoms with Crippen molar-refractivity contribution >= 4 is 11.5 Å². The molecule has 1 aliphatic heterocycles. The van der Waals surface area contributed by atoms with Gasteiger partial charge in [-0.2, -0.15) is 5.10 Å². The Kier molecular flexibility index (Phi) is 5.58. The molecule has 0 unspecified atom stereocenters. The van der Waals surface area contributed by atoms with Crippen molar-refractivity contribution in [1.29, 1.82) is 0 Å². The number of H-pyrrole nitrogens is 1. The van der Waals surface area contributed by atoms with Crippen LogP contribution in [0.25, 0.3) is 16.7 Å². The molecule has 0 atom stereocenters. The van der Waals surface area contributed by atoms with Gasteiger partial charge in [-0.3, -0.25) is 9.89 Å². The standard InChI is InChI=1S/C24H25N3O2/c1-17-23(22(16-29-2)26-25-17)20-9-6-10-21(15-20)24(28)27-13-11-19(12-14-27)18-7-4-3-5-8-18/h3-11,15H,12-14,16H2,1-2H3,(H,25,26). The minimum absolute atomic E-state index is 0.0599. The van der Waals surface area contributed by atoms with Gasteiger partial charge in [0.1, 0.15) is 0 Å². The van der Waals surface area contributed by atoms with Crippen LogP contribution < -0.4 is 0 Å². The molecule has 5 heteroatoms. The molecule has 1 aromatic heterocycles. The molecule has 4 rings (SSSR count). The van der Waals surface area contributed by atoms with E-state index in [2.05, 4.69) is 40.5 Å². The van der Waals surface area contributed by atoms with E-state index in [1.54, 1.807) is 7.11 Å². The van der Waals surface area contributed by atoms with E-state index in [-0.39, 0.29) is 5.91 Å². The van der Waals surface area contributed by atoms with Crippen LogP contribution in [0.3, 0.4) is 0 Å².